The van der Waals surface area contributed by atoms with Gasteiger partial charge in [-0.05, 0) is 36.4 Å². The molecule has 1 amide bonds. The first-order valence-electron chi connectivity index (χ1n) is 6.71. The summed E-state index contributed by atoms with van der Waals surface area (Å²) in [6.07, 6.45) is 0. The van der Waals surface area contributed by atoms with E-state index in [1.54, 1.807) is 12.1 Å². The lowest BCUT2D eigenvalue weighted by atomic mass is 10.2. The van der Waals surface area contributed by atoms with Crippen LogP contribution in [0.4, 0.5) is 0 Å². The predicted octanol–water partition coefficient (Wildman–Crippen LogP) is 1.75. The van der Waals surface area contributed by atoms with Gasteiger partial charge in [-0.2, -0.15) is 0 Å². The zero-order valence-electron chi connectivity index (χ0n) is 12.0. The quantitative estimate of drug-likeness (QED) is 0.689. The fraction of sp³-hybridized carbons (Fsp3) is 0.133. The van der Waals surface area contributed by atoms with Crippen LogP contribution >= 0.6 is 11.6 Å². The molecule has 2 aromatic rings. The zero-order valence-corrected chi connectivity index (χ0v) is 13.6. The van der Waals surface area contributed by atoms with Crippen LogP contribution in [0.25, 0.3) is 0 Å². The molecule has 3 N–H and O–H groups in total. The van der Waals surface area contributed by atoms with Gasteiger partial charge in [0.1, 0.15) is 5.75 Å². The van der Waals surface area contributed by atoms with Gasteiger partial charge in [0.25, 0.3) is 5.91 Å². The first-order valence-corrected chi connectivity index (χ1v) is 8.58. The second-order valence-corrected chi connectivity index (χ2v) is 6.83. The molecule has 23 heavy (non-hydrogen) atoms. The van der Waals surface area contributed by atoms with Crippen LogP contribution in [0.2, 0.25) is 5.02 Å². The second-order valence-electron chi connectivity index (χ2n) is 4.62. The minimum absolute atomic E-state index is 0.0182. The Bertz CT molecular complexity index is 791. The summed E-state index contributed by atoms with van der Waals surface area (Å²) >= 11 is 5.71. The van der Waals surface area contributed by atoms with Crippen LogP contribution < -0.4 is 10.0 Å². The van der Waals surface area contributed by atoms with Gasteiger partial charge >= 0.3 is 0 Å². The van der Waals surface area contributed by atoms with E-state index in [-0.39, 0.29) is 29.3 Å². The Kier molecular flexibility index (Phi) is 5.59. The van der Waals surface area contributed by atoms with Crippen molar-refractivity contribution >= 4 is 27.5 Å². The Hall–Kier alpha value is -2.09. The standard InChI is InChI=1S/C15H15ClN2O4S/c16-11-5-7-12(8-6-11)23(21,22)18-10-9-17-15(20)13-3-1-2-4-14(13)19/h1-8,18-19H,9-10H2,(H,17,20). The highest BCUT2D eigenvalue weighted by molar-refractivity contribution is 7.89. The van der Waals surface area contributed by atoms with Crippen LogP contribution in [0.15, 0.2) is 53.4 Å². The Morgan fingerprint density at radius 1 is 1.04 bits per heavy atom. The molecular weight excluding hydrogens is 340 g/mol. The van der Waals surface area contributed by atoms with Crippen LogP contribution in [0.1, 0.15) is 10.4 Å². The van der Waals surface area contributed by atoms with E-state index in [4.69, 9.17) is 11.6 Å². The molecule has 0 fully saturated rings. The van der Waals surface area contributed by atoms with Gasteiger partial charge in [0, 0.05) is 18.1 Å². The van der Waals surface area contributed by atoms with Gasteiger partial charge in [-0.1, -0.05) is 23.7 Å². The maximum atomic E-state index is 12.0. The molecule has 0 aliphatic heterocycles. The third-order valence-corrected chi connectivity index (χ3v) is 4.70. The molecule has 2 aromatic carbocycles. The molecule has 0 radical (unpaired) electrons. The summed E-state index contributed by atoms with van der Waals surface area (Å²) in [6, 6.07) is 11.9. The Labute approximate surface area is 139 Å². The van der Waals surface area contributed by atoms with Crippen LogP contribution in [0, 0.1) is 0 Å². The molecule has 0 aliphatic rings. The normalized spacial score (nSPS) is 11.2. The largest absolute Gasteiger partial charge is 0.507 e. The molecule has 0 aliphatic carbocycles. The van der Waals surface area contributed by atoms with Crippen molar-refractivity contribution in [1.82, 2.24) is 10.0 Å². The minimum atomic E-state index is -3.66. The summed E-state index contributed by atoms with van der Waals surface area (Å²) in [5, 5.41) is 12.5. The lowest BCUT2D eigenvalue weighted by molar-refractivity contribution is 0.0951. The molecule has 0 saturated carbocycles. The van der Waals surface area contributed by atoms with Crippen molar-refractivity contribution in [3.63, 3.8) is 0 Å². The van der Waals surface area contributed by atoms with E-state index in [2.05, 4.69) is 10.0 Å². The van der Waals surface area contributed by atoms with Crippen LogP contribution in [-0.4, -0.2) is 32.5 Å². The number of phenolic OH excluding ortho intramolecular Hbond substituents is 1. The number of hydrogen-bond donors (Lipinski definition) is 3. The number of hydrogen-bond acceptors (Lipinski definition) is 4. The van der Waals surface area contributed by atoms with Crippen LogP contribution in [-0.2, 0) is 10.0 Å². The number of rotatable bonds is 6. The summed E-state index contributed by atoms with van der Waals surface area (Å²) in [6.45, 7) is 0.101. The van der Waals surface area contributed by atoms with Crippen molar-refractivity contribution < 1.29 is 18.3 Å². The number of nitrogens with one attached hydrogen (secondary N) is 2. The first kappa shape index (κ1) is 17.3. The summed E-state index contributed by atoms with van der Waals surface area (Å²) in [5.41, 5.74) is 0.132. The molecule has 0 bridgehead atoms. The summed E-state index contributed by atoms with van der Waals surface area (Å²) in [4.78, 5) is 11.9. The van der Waals surface area contributed by atoms with E-state index >= 15 is 0 Å². The average molecular weight is 355 g/mol. The van der Waals surface area contributed by atoms with Crippen molar-refractivity contribution in [2.75, 3.05) is 13.1 Å². The first-order chi connectivity index (χ1) is 10.9. The van der Waals surface area contributed by atoms with Gasteiger partial charge in [-0.3, -0.25) is 4.79 Å². The van der Waals surface area contributed by atoms with Gasteiger partial charge in [0.15, 0.2) is 0 Å². The third-order valence-electron chi connectivity index (χ3n) is 2.98. The van der Waals surface area contributed by atoms with Crippen molar-refractivity contribution in [2.24, 2.45) is 0 Å². The highest BCUT2D eigenvalue weighted by atomic mass is 35.5. The van der Waals surface area contributed by atoms with E-state index in [1.165, 1.54) is 36.4 Å². The van der Waals surface area contributed by atoms with Crippen LogP contribution in [0.5, 0.6) is 5.75 Å². The van der Waals surface area contributed by atoms with E-state index in [0.717, 1.165) is 0 Å². The van der Waals surface area contributed by atoms with Gasteiger partial charge in [-0.15, -0.1) is 0 Å². The Morgan fingerprint density at radius 3 is 2.35 bits per heavy atom. The van der Waals surface area contributed by atoms with E-state index in [1.807, 2.05) is 0 Å². The lowest BCUT2D eigenvalue weighted by Gasteiger charge is -2.09. The molecule has 6 nitrogen and oxygen atoms in total. The number of benzene rings is 2. The molecule has 0 saturated heterocycles. The molecule has 122 valence electrons. The SMILES string of the molecule is O=C(NCCNS(=O)(=O)c1ccc(Cl)cc1)c1ccccc1O. The molecular formula is C15H15ClN2O4S. The fourth-order valence-corrected chi connectivity index (χ4v) is 2.98. The molecule has 0 unspecified atom stereocenters. The van der Waals surface area contributed by atoms with Gasteiger partial charge in [0.05, 0.1) is 10.5 Å². The van der Waals surface area contributed by atoms with E-state index < -0.39 is 15.9 Å². The van der Waals surface area contributed by atoms with Gasteiger partial charge < -0.3 is 10.4 Å². The zero-order chi connectivity index (χ0) is 16.9. The van der Waals surface area contributed by atoms with Gasteiger partial charge in [-0.25, -0.2) is 13.1 Å². The number of carbonyl (C=O) groups excluding carboxylic acids is 1. The smallest absolute Gasteiger partial charge is 0.255 e. The Morgan fingerprint density at radius 2 is 1.70 bits per heavy atom. The second kappa shape index (κ2) is 7.45. The fourth-order valence-electron chi connectivity index (χ4n) is 1.82. The number of aromatic hydroxyl groups is 1. The Balaban J connectivity index is 1.86. The maximum absolute atomic E-state index is 12.0. The molecule has 0 aromatic heterocycles. The third kappa shape index (κ3) is 4.69. The van der Waals surface area contributed by atoms with E-state index in [0.29, 0.717) is 5.02 Å². The number of carbonyl (C=O) groups is 1. The molecule has 0 heterocycles. The lowest BCUT2D eigenvalue weighted by Crippen LogP contribution is -2.34. The maximum Gasteiger partial charge on any atom is 0.255 e. The number of para-hydroxylation sites is 1. The van der Waals surface area contributed by atoms with Crippen LogP contribution in [0.3, 0.4) is 0 Å². The van der Waals surface area contributed by atoms with Crippen molar-refractivity contribution in [2.45, 2.75) is 4.90 Å². The summed E-state index contributed by atoms with van der Waals surface area (Å²) in [7, 11) is -3.66. The molecule has 0 spiro atoms. The highest BCUT2D eigenvalue weighted by Gasteiger charge is 2.14. The minimum Gasteiger partial charge on any atom is -0.507 e. The molecule has 8 heteroatoms. The monoisotopic (exact) mass is 354 g/mol. The van der Waals surface area contributed by atoms with Crippen molar-refractivity contribution in [3.05, 3.63) is 59.1 Å². The number of halogens is 1. The molecule has 0 atom stereocenters. The number of sulfonamides is 1. The number of amides is 1. The van der Waals surface area contributed by atoms with Crippen molar-refractivity contribution in [1.29, 1.82) is 0 Å². The average Bonchev–Trinajstić information content (AvgIpc) is 2.52. The highest BCUT2D eigenvalue weighted by Crippen LogP contribution is 2.15. The predicted molar refractivity (Wildman–Crippen MR) is 87.1 cm³/mol. The van der Waals surface area contributed by atoms with Crippen molar-refractivity contribution in [3.8, 4) is 5.75 Å². The van der Waals surface area contributed by atoms with Gasteiger partial charge in [0.2, 0.25) is 10.0 Å². The topological polar surface area (TPSA) is 95.5 Å². The summed E-state index contributed by atoms with van der Waals surface area (Å²) in [5.74, 6) is -0.611. The van der Waals surface area contributed by atoms with E-state index in [9.17, 15) is 18.3 Å². The summed E-state index contributed by atoms with van der Waals surface area (Å²) < 4.78 is 26.4. The molecule has 2 rings (SSSR count). The number of phenols is 1.